The number of nitrogens with one attached hydrogen (secondary N) is 2. The standard InChI is InChI=1S/C23H21ClFN3O4/c1-10-7-13(24)8-15-18(10)26-22(32)23(15)17-16(19(27-23)11(2)29)20(30)28(21(17)31)9-12-3-5-14(25)6-4-12/h3-8,11,16-17,19,27,29H,9H2,1-2H3,(H,26,32)/t11-,16+,17+,19-,23-/m1/s1. The van der Waals surface area contributed by atoms with Gasteiger partial charge < -0.3 is 10.4 Å². The van der Waals surface area contributed by atoms with E-state index in [1.807, 2.05) is 0 Å². The zero-order chi connectivity index (χ0) is 22.9. The van der Waals surface area contributed by atoms with Crippen molar-refractivity contribution < 1.29 is 23.9 Å². The summed E-state index contributed by atoms with van der Waals surface area (Å²) in [5.74, 6) is -3.84. The number of fused-ring (bicyclic) bond motifs is 4. The molecule has 3 amide bonds. The zero-order valence-corrected chi connectivity index (χ0v) is 18.1. The van der Waals surface area contributed by atoms with Gasteiger partial charge in [0.1, 0.15) is 11.4 Å². The van der Waals surface area contributed by atoms with Crippen LogP contribution in [0.25, 0.3) is 0 Å². The highest BCUT2D eigenvalue weighted by Gasteiger charge is 2.71. The summed E-state index contributed by atoms with van der Waals surface area (Å²) in [6, 6.07) is 8.04. The van der Waals surface area contributed by atoms with Gasteiger partial charge in [-0.15, -0.1) is 0 Å². The zero-order valence-electron chi connectivity index (χ0n) is 17.4. The fraction of sp³-hybridized carbons (Fsp3) is 0.348. The van der Waals surface area contributed by atoms with E-state index in [0.29, 0.717) is 21.8 Å². The van der Waals surface area contributed by atoms with E-state index >= 15 is 0 Å². The highest BCUT2D eigenvalue weighted by atomic mass is 35.5. The summed E-state index contributed by atoms with van der Waals surface area (Å²) in [7, 11) is 0. The summed E-state index contributed by atoms with van der Waals surface area (Å²) in [5, 5.41) is 16.8. The van der Waals surface area contributed by atoms with Crippen molar-refractivity contribution in [2.75, 3.05) is 5.32 Å². The van der Waals surface area contributed by atoms with Gasteiger partial charge in [-0.3, -0.25) is 24.6 Å². The number of imide groups is 1. The minimum absolute atomic E-state index is 0.0450. The maximum Gasteiger partial charge on any atom is 0.250 e. The second kappa shape index (κ2) is 7.10. The number of carbonyl (C=O) groups is 3. The number of aliphatic hydroxyl groups is 1. The fourth-order valence-electron chi connectivity index (χ4n) is 5.37. The minimum atomic E-state index is -1.53. The van der Waals surface area contributed by atoms with Crippen molar-refractivity contribution in [3.63, 3.8) is 0 Å². The molecule has 3 N–H and O–H groups in total. The average Bonchev–Trinajstić information content (AvgIpc) is 3.32. The van der Waals surface area contributed by atoms with Crippen LogP contribution >= 0.6 is 11.6 Å². The number of likely N-dealkylation sites (tertiary alicyclic amines) is 1. The normalized spacial score (nSPS) is 29.5. The van der Waals surface area contributed by atoms with Crippen molar-refractivity contribution in [2.24, 2.45) is 11.8 Å². The van der Waals surface area contributed by atoms with Gasteiger partial charge in [-0.05, 0) is 49.2 Å². The van der Waals surface area contributed by atoms with E-state index < -0.39 is 53.1 Å². The van der Waals surface area contributed by atoms with Gasteiger partial charge in [0, 0.05) is 22.3 Å². The molecule has 7 nitrogen and oxygen atoms in total. The third-order valence-corrected chi connectivity index (χ3v) is 7.00. The molecule has 5 atom stereocenters. The number of rotatable bonds is 3. The van der Waals surface area contributed by atoms with E-state index in [9.17, 15) is 23.9 Å². The molecule has 0 bridgehead atoms. The smallest absolute Gasteiger partial charge is 0.250 e. The van der Waals surface area contributed by atoms with Crippen molar-refractivity contribution in [1.29, 1.82) is 0 Å². The molecule has 32 heavy (non-hydrogen) atoms. The lowest BCUT2D eigenvalue weighted by molar-refractivity contribution is -0.143. The minimum Gasteiger partial charge on any atom is -0.392 e. The molecule has 2 aromatic rings. The molecule has 2 saturated heterocycles. The lowest BCUT2D eigenvalue weighted by Gasteiger charge is -2.30. The Bertz CT molecular complexity index is 1170. The van der Waals surface area contributed by atoms with E-state index in [2.05, 4.69) is 10.6 Å². The number of nitrogens with zero attached hydrogens (tertiary/aromatic N) is 1. The second-order valence-corrected chi connectivity index (χ2v) is 9.15. The van der Waals surface area contributed by atoms with Crippen LogP contribution in [0, 0.1) is 24.6 Å². The molecule has 3 heterocycles. The number of amides is 3. The summed E-state index contributed by atoms with van der Waals surface area (Å²) in [6.45, 7) is 3.27. The predicted molar refractivity (Wildman–Crippen MR) is 114 cm³/mol. The van der Waals surface area contributed by atoms with Gasteiger partial charge in [-0.1, -0.05) is 23.7 Å². The molecule has 166 valence electrons. The van der Waals surface area contributed by atoms with Crippen LogP contribution in [-0.4, -0.2) is 39.9 Å². The van der Waals surface area contributed by atoms with Crippen LogP contribution < -0.4 is 10.6 Å². The monoisotopic (exact) mass is 457 g/mol. The highest BCUT2D eigenvalue weighted by molar-refractivity contribution is 6.31. The summed E-state index contributed by atoms with van der Waals surface area (Å²) >= 11 is 6.28. The van der Waals surface area contributed by atoms with Gasteiger partial charge in [0.15, 0.2) is 0 Å². The SMILES string of the molecule is Cc1cc(Cl)cc2c1NC(=O)[C@@]21N[C@H]([C@@H](C)O)[C@H]2C(=O)N(Cc3ccc(F)cc3)C(=O)[C@H]21. The van der Waals surface area contributed by atoms with Gasteiger partial charge in [-0.25, -0.2) is 4.39 Å². The summed E-state index contributed by atoms with van der Waals surface area (Å²) < 4.78 is 13.3. The number of anilines is 1. The number of carbonyl (C=O) groups excluding carboxylic acids is 3. The van der Waals surface area contributed by atoms with Gasteiger partial charge in [0.05, 0.1) is 24.5 Å². The Morgan fingerprint density at radius 3 is 2.53 bits per heavy atom. The molecule has 2 fully saturated rings. The number of benzene rings is 2. The summed E-state index contributed by atoms with van der Waals surface area (Å²) in [4.78, 5) is 41.5. The van der Waals surface area contributed by atoms with E-state index in [0.717, 1.165) is 10.5 Å². The first-order chi connectivity index (χ1) is 15.1. The molecule has 1 spiro atoms. The Morgan fingerprint density at radius 1 is 1.19 bits per heavy atom. The van der Waals surface area contributed by atoms with Crippen molar-refractivity contribution in [2.45, 2.75) is 38.1 Å². The topological polar surface area (TPSA) is 98.7 Å². The third-order valence-electron chi connectivity index (χ3n) is 6.79. The van der Waals surface area contributed by atoms with Crippen molar-refractivity contribution in [3.8, 4) is 0 Å². The Morgan fingerprint density at radius 2 is 1.88 bits per heavy atom. The second-order valence-electron chi connectivity index (χ2n) is 8.71. The Hall–Kier alpha value is -2.81. The molecule has 0 aliphatic carbocycles. The first-order valence-corrected chi connectivity index (χ1v) is 10.7. The summed E-state index contributed by atoms with van der Waals surface area (Å²) in [5.41, 5.74) is 0.835. The molecule has 0 radical (unpaired) electrons. The van der Waals surface area contributed by atoms with Crippen molar-refractivity contribution in [1.82, 2.24) is 10.2 Å². The Balaban J connectivity index is 1.63. The van der Waals surface area contributed by atoms with Crippen LogP contribution in [0.3, 0.4) is 0 Å². The van der Waals surface area contributed by atoms with Crippen LogP contribution in [0.5, 0.6) is 0 Å². The molecule has 3 aliphatic heterocycles. The van der Waals surface area contributed by atoms with E-state index in [4.69, 9.17) is 11.6 Å². The van der Waals surface area contributed by atoms with Crippen LogP contribution in [-0.2, 0) is 26.5 Å². The van der Waals surface area contributed by atoms with Gasteiger partial charge >= 0.3 is 0 Å². The van der Waals surface area contributed by atoms with Gasteiger partial charge in [0.25, 0.3) is 0 Å². The van der Waals surface area contributed by atoms with Crippen LogP contribution in [0.1, 0.15) is 23.6 Å². The lowest BCUT2D eigenvalue weighted by atomic mass is 9.76. The first kappa shape index (κ1) is 21.1. The largest absolute Gasteiger partial charge is 0.392 e. The first-order valence-electron chi connectivity index (χ1n) is 10.3. The Labute approximate surface area is 188 Å². The third kappa shape index (κ3) is 2.76. The number of aryl methyl sites for hydroxylation is 1. The van der Waals surface area contributed by atoms with Crippen LogP contribution in [0.15, 0.2) is 36.4 Å². The van der Waals surface area contributed by atoms with Crippen molar-refractivity contribution >= 4 is 35.0 Å². The number of hydrogen-bond donors (Lipinski definition) is 3. The highest BCUT2D eigenvalue weighted by Crippen LogP contribution is 2.54. The molecule has 0 unspecified atom stereocenters. The maximum absolute atomic E-state index is 13.6. The average molecular weight is 458 g/mol. The molecule has 2 aromatic carbocycles. The molecular weight excluding hydrogens is 437 g/mol. The van der Waals surface area contributed by atoms with E-state index in [1.54, 1.807) is 19.1 Å². The van der Waals surface area contributed by atoms with Crippen LogP contribution in [0.4, 0.5) is 10.1 Å². The lowest BCUT2D eigenvalue weighted by Crippen LogP contribution is -2.54. The van der Waals surface area contributed by atoms with Crippen LogP contribution in [0.2, 0.25) is 5.02 Å². The van der Waals surface area contributed by atoms with E-state index in [1.165, 1.54) is 31.2 Å². The van der Waals surface area contributed by atoms with E-state index in [-0.39, 0.29) is 6.54 Å². The number of aliphatic hydroxyl groups excluding tert-OH is 1. The molecule has 3 aliphatic rings. The number of hydrogen-bond acceptors (Lipinski definition) is 5. The van der Waals surface area contributed by atoms with Gasteiger partial charge in [0.2, 0.25) is 17.7 Å². The van der Waals surface area contributed by atoms with Gasteiger partial charge in [-0.2, -0.15) is 0 Å². The predicted octanol–water partition coefficient (Wildman–Crippen LogP) is 2.09. The maximum atomic E-state index is 13.6. The quantitative estimate of drug-likeness (QED) is 0.613. The molecule has 0 saturated carbocycles. The van der Waals surface area contributed by atoms with Crippen molar-refractivity contribution in [3.05, 3.63) is 63.9 Å². The molecule has 0 aromatic heterocycles. The Kier molecular flexibility index (Phi) is 4.67. The molecule has 5 rings (SSSR count). The fourth-order valence-corrected chi connectivity index (χ4v) is 5.64. The molecular formula is C23H21ClFN3O4. The number of halogens is 2. The summed E-state index contributed by atoms with van der Waals surface area (Å²) in [6.07, 6.45) is -0.999. The molecule has 9 heteroatoms.